The molecule has 1 heterocycles. The number of amides is 1. The summed E-state index contributed by atoms with van der Waals surface area (Å²) in [6.45, 7) is 2.88. The van der Waals surface area contributed by atoms with Gasteiger partial charge in [0.2, 0.25) is 10.0 Å². The van der Waals surface area contributed by atoms with Gasteiger partial charge in [0.1, 0.15) is 16.7 Å². The molecule has 2 aromatic rings. The average Bonchev–Trinajstić information content (AvgIpc) is 2.78. The monoisotopic (exact) mass is 432 g/mol. The van der Waals surface area contributed by atoms with E-state index < -0.39 is 22.0 Å². The Balaban J connectivity index is 1.67. The highest BCUT2D eigenvalue weighted by atomic mass is 32.2. The molecule has 0 spiro atoms. The summed E-state index contributed by atoms with van der Waals surface area (Å²) in [7, 11) is -2.07. The van der Waals surface area contributed by atoms with Gasteiger partial charge in [-0.05, 0) is 49.6 Å². The van der Waals surface area contributed by atoms with Crippen LogP contribution in [0.4, 0.5) is 5.69 Å². The molecular weight excluding hydrogens is 404 g/mol. The molecule has 1 aliphatic rings. The van der Waals surface area contributed by atoms with Crippen LogP contribution in [0.5, 0.6) is 5.75 Å². The van der Waals surface area contributed by atoms with E-state index in [4.69, 9.17) is 9.47 Å². The molecule has 1 amide bonds. The number of carbonyl (C=O) groups is 1. The fourth-order valence-electron chi connectivity index (χ4n) is 3.33. The van der Waals surface area contributed by atoms with Gasteiger partial charge in [0.05, 0.1) is 19.4 Å². The molecule has 3 rings (SSSR count). The first kappa shape index (κ1) is 22.3. The van der Waals surface area contributed by atoms with Gasteiger partial charge in [0.25, 0.3) is 5.91 Å². The summed E-state index contributed by atoms with van der Waals surface area (Å²) < 4.78 is 38.5. The van der Waals surface area contributed by atoms with Crippen molar-refractivity contribution in [3.05, 3.63) is 54.1 Å². The molecule has 1 saturated heterocycles. The summed E-state index contributed by atoms with van der Waals surface area (Å²) in [5.74, 6) is 0.309. The Kier molecular flexibility index (Phi) is 7.47. The lowest BCUT2D eigenvalue weighted by Gasteiger charge is -2.27. The lowest BCUT2D eigenvalue weighted by Crippen LogP contribution is -2.36. The second kappa shape index (κ2) is 10.1. The second-order valence-corrected chi connectivity index (χ2v) is 9.16. The lowest BCUT2D eigenvalue weighted by molar-refractivity contribution is -0.127. The van der Waals surface area contributed by atoms with Gasteiger partial charge in [-0.2, -0.15) is 4.31 Å². The van der Waals surface area contributed by atoms with Crippen LogP contribution in [0, 0.1) is 0 Å². The summed E-state index contributed by atoms with van der Waals surface area (Å²) in [6.07, 6.45) is 1.97. The Morgan fingerprint density at radius 2 is 1.83 bits per heavy atom. The number of carbonyl (C=O) groups excluding carboxylic acids is 1. The molecule has 0 radical (unpaired) electrons. The Morgan fingerprint density at radius 1 is 1.10 bits per heavy atom. The number of methoxy groups -OCH3 is 1. The third-order valence-electron chi connectivity index (χ3n) is 5.08. The molecule has 162 valence electrons. The van der Waals surface area contributed by atoms with Gasteiger partial charge >= 0.3 is 0 Å². The van der Waals surface area contributed by atoms with E-state index in [1.165, 1.54) is 10.4 Å². The van der Waals surface area contributed by atoms with E-state index in [1.807, 2.05) is 24.3 Å². The number of ether oxygens (including phenoxy) is 2. The molecule has 8 heteroatoms. The van der Waals surface area contributed by atoms with Gasteiger partial charge in [-0.1, -0.05) is 30.7 Å². The molecule has 1 aliphatic heterocycles. The van der Waals surface area contributed by atoms with Crippen molar-refractivity contribution in [1.29, 1.82) is 0 Å². The highest BCUT2D eigenvalue weighted by molar-refractivity contribution is 7.89. The second-order valence-electron chi connectivity index (χ2n) is 7.25. The van der Waals surface area contributed by atoms with Crippen LogP contribution in [0.1, 0.15) is 31.7 Å². The van der Waals surface area contributed by atoms with Crippen LogP contribution in [0.2, 0.25) is 0 Å². The molecule has 0 saturated carbocycles. The van der Waals surface area contributed by atoms with Gasteiger partial charge in [-0.25, -0.2) is 8.42 Å². The van der Waals surface area contributed by atoms with E-state index in [2.05, 4.69) is 5.32 Å². The largest absolute Gasteiger partial charge is 0.497 e. The van der Waals surface area contributed by atoms with Gasteiger partial charge in [0.15, 0.2) is 0 Å². The standard InChI is InChI=1S/C22H28N2O5S/c1-17(29-16-18-9-8-10-19(15-18)28-2)22(25)23-20-11-4-5-12-21(20)30(26,27)24-13-6-3-7-14-24/h4-5,8-12,15,17H,3,6-7,13-14,16H2,1-2H3,(H,23,25). The predicted octanol–water partition coefficient (Wildman–Crippen LogP) is 3.41. The van der Waals surface area contributed by atoms with Crippen molar-refractivity contribution >= 4 is 21.6 Å². The Labute approximate surface area is 178 Å². The highest BCUT2D eigenvalue weighted by Crippen LogP contribution is 2.27. The third kappa shape index (κ3) is 5.38. The van der Waals surface area contributed by atoms with Crippen LogP contribution < -0.4 is 10.1 Å². The lowest BCUT2D eigenvalue weighted by atomic mass is 10.2. The first-order valence-corrected chi connectivity index (χ1v) is 11.5. The van der Waals surface area contributed by atoms with Crippen molar-refractivity contribution in [2.75, 3.05) is 25.5 Å². The molecule has 0 bridgehead atoms. The molecule has 1 unspecified atom stereocenters. The van der Waals surface area contributed by atoms with Gasteiger partial charge < -0.3 is 14.8 Å². The summed E-state index contributed by atoms with van der Waals surface area (Å²) >= 11 is 0. The van der Waals surface area contributed by atoms with E-state index in [0.29, 0.717) is 18.8 Å². The molecular formula is C22H28N2O5S. The first-order chi connectivity index (χ1) is 14.4. The van der Waals surface area contributed by atoms with Crippen LogP contribution in [0.3, 0.4) is 0 Å². The van der Waals surface area contributed by atoms with Gasteiger partial charge in [0, 0.05) is 13.1 Å². The zero-order chi connectivity index (χ0) is 21.6. The average molecular weight is 433 g/mol. The number of sulfonamides is 1. The van der Waals surface area contributed by atoms with Crippen molar-refractivity contribution in [1.82, 2.24) is 4.31 Å². The normalized spacial score (nSPS) is 16.1. The Morgan fingerprint density at radius 3 is 2.57 bits per heavy atom. The number of hydrogen-bond donors (Lipinski definition) is 1. The quantitative estimate of drug-likeness (QED) is 0.691. The van der Waals surface area contributed by atoms with E-state index in [0.717, 1.165) is 24.8 Å². The fourth-order valence-corrected chi connectivity index (χ4v) is 5.00. The van der Waals surface area contributed by atoms with Crippen molar-refractivity contribution in [3.63, 3.8) is 0 Å². The van der Waals surface area contributed by atoms with Crippen molar-refractivity contribution in [2.24, 2.45) is 0 Å². The Hall–Kier alpha value is -2.42. The number of benzene rings is 2. The minimum Gasteiger partial charge on any atom is -0.497 e. The van der Waals surface area contributed by atoms with Crippen LogP contribution in [-0.2, 0) is 26.2 Å². The fraction of sp³-hybridized carbons (Fsp3) is 0.409. The van der Waals surface area contributed by atoms with Crippen LogP contribution in [-0.4, -0.2) is 44.9 Å². The number of anilines is 1. The van der Waals surface area contributed by atoms with Gasteiger partial charge in [-0.15, -0.1) is 0 Å². The minimum absolute atomic E-state index is 0.111. The zero-order valence-electron chi connectivity index (χ0n) is 17.3. The number of rotatable bonds is 8. The molecule has 2 aromatic carbocycles. The molecule has 7 nitrogen and oxygen atoms in total. The molecule has 0 aliphatic carbocycles. The third-order valence-corrected chi connectivity index (χ3v) is 7.04. The van der Waals surface area contributed by atoms with Gasteiger partial charge in [-0.3, -0.25) is 4.79 Å². The SMILES string of the molecule is COc1cccc(COC(C)C(=O)Nc2ccccc2S(=O)(=O)N2CCCCC2)c1. The maximum absolute atomic E-state index is 13.1. The maximum Gasteiger partial charge on any atom is 0.253 e. The predicted molar refractivity (Wildman–Crippen MR) is 115 cm³/mol. The van der Waals surface area contributed by atoms with Crippen molar-refractivity contribution in [3.8, 4) is 5.75 Å². The van der Waals surface area contributed by atoms with Crippen LogP contribution in [0.15, 0.2) is 53.4 Å². The topological polar surface area (TPSA) is 84.9 Å². The van der Waals surface area contributed by atoms with Crippen LogP contribution in [0.25, 0.3) is 0 Å². The molecule has 1 atom stereocenters. The van der Waals surface area contributed by atoms with E-state index in [1.54, 1.807) is 32.2 Å². The molecule has 1 N–H and O–H groups in total. The summed E-state index contributed by atoms with van der Waals surface area (Å²) in [4.78, 5) is 12.8. The number of piperidine rings is 1. The molecule has 1 fully saturated rings. The smallest absolute Gasteiger partial charge is 0.253 e. The summed E-state index contributed by atoms with van der Waals surface area (Å²) in [6, 6.07) is 13.9. The maximum atomic E-state index is 13.1. The van der Waals surface area contributed by atoms with E-state index in [9.17, 15) is 13.2 Å². The summed E-state index contributed by atoms with van der Waals surface area (Å²) in [5.41, 5.74) is 1.15. The van der Waals surface area contributed by atoms with Crippen molar-refractivity contribution in [2.45, 2.75) is 43.8 Å². The van der Waals surface area contributed by atoms with Crippen LogP contribution >= 0.6 is 0 Å². The first-order valence-electron chi connectivity index (χ1n) is 10.1. The highest BCUT2D eigenvalue weighted by Gasteiger charge is 2.29. The number of nitrogens with zero attached hydrogens (tertiary/aromatic N) is 1. The van der Waals surface area contributed by atoms with Crippen molar-refractivity contribution < 1.29 is 22.7 Å². The number of hydrogen-bond acceptors (Lipinski definition) is 5. The zero-order valence-corrected chi connectivity index (χ0v) is 18.2. The van der Waals surface area contributed by atoms with E-state index >= 15 is 0 Å². The number of nitrogens with one attached hydrogen (secondary N) is 1. The van der Waals surface area contributed by atoms with E-state index in [-0.39, 0.29) is 17.2 Å². The molecule has 30 heavy (non-hydrogen) atoms. The summed E-state index contributed by atoms with van der Waals surface area (Å²) in [5, 5.41) is 2.72. The Bertz CT molecular complexity index is 971. The minimum atomic E-state index is -3.66. The molecule has 0 aromatic heterocycles. The number of para-hydroxylation sites is 1.